The van der Waals surface area contributed by atoms with Gasteiger partial charge in [0, 0.05) is 101 Å². The number of rotatable bonds is 14. The highest BCUT2D eigenvalue weighted by molar-refractivity contribution is 6.24. The number of benzene rings is 3. The number of likely N-dealkylation sites (N-methyl/N-ethyl adjacent to an activating group) is 1. The number of nitrogens with two attached hydrogens (primary N) is 1. The number of carbonyl (C=O) groups is 5. The lowest BCUT2D eigenvalue weighted by Crippen LogP contribution is -2.52. The molecular formula is C56H77ClFN9O5. The van der Waals surface area contributed by atoms with Gasteiger partial charge in [0.2, 0.25) is 11.8 Å². The van der Waals surface area contributed by atoms with Crippen LogP contribution in [0.1, 0.15) is 95.4 Å². The van der Waals surface area contributed by atoms with Gasteiger partial charge in [-0.15, -0.1) is 11.6 Å². The molecule has 4 aromatic rings. The Bertz CT molecular complexity index is 2370. The summed E-state index contributed by atoms with van der Waals surface area (Å²) in [5.41, 5.74) is 11.4. The Morgan fingerprint density at radius 1 is 0.806 bits per heavy atom. The monoisotopic (exact) mass is 1010 g/mol. The SMILES string of the molecule is C/C=C\C.CC.CCc1cccc(-c2cnc(C(=O)N3CCN(CC4CCN(CC(=O)N5CCN(C)CC5)CC4)CC3)c(NC)c2)c1.N=C(Cc1ccc(F)c(C=O)c1)c1ccccc1C(N)=O.O=CCCl. The first-order valence-corrected chi connectivity index (χ1v) is 25.6. The first kappa shape index (κ1) is 60.2. The number of nitrogens with one attached hydrogen (secondary N) is 2. The van der Waals surface area contributed by atoms with Gasteiger partial charge in [-0.2, -0.15) is 0 Å². The van der Waals surface area contributed by atoms with Crippen molar-refractivity contribution in [2.24, 2.45) is 11.7 Å². The summed E-state index contributed by atoms with van der Waals surface area (Å²) in [5.74, 6) is -0.154. The first-order valence-electron chi connectivity index (χ1n) is 25.0. The van der Waals surface area contributed by atoms with E-state index in [-0.39, 0.29) is 41.0 Å². The lowest BCUT2D eigenvalue weighted by molar-refractivity contribution is -0.134. The number of aromatic nitrogens is 1. The number of primary amides is 1. The molecule has 0 spiro atoms. The Hall–Kier alpha value is -6.13. The summed E-state index contributed by atoms with van der Waals surface area (Å²) in [6, 6.07) is 21.2. The minimum Gasteiger partial charge on any atom is -0.386 e. The molecule has 3 aromatic carbocycles. The van der Waals surface area contributed by atoms with Crippen molar-refractivity contribution in [2.75, 3.05) is 104 Å². The Labute approximate surface area is 432 Å². The fraction of sp³-hybridized carbons (Fsp3) is 0.446. The number of halogens is 2. The van der Waals surface area contributed by atoms with Gasteiger partial charge >= 0.3 is 0 Å². The molecule has 72 heavy (non-hydrogen) atoms. The third kappa shape index (κ3) is 19.1. The molecule has 0 bridgehead atoms. The molecule has 3 aliphatic rings. The van der Waals surface area contributed by atoms with Crippen molar-refractivity contribution in [3.8, 4) is 11.1 Å². The van der Waals surface area contributed by atoms with Crippen LogP contribution in [0.2, 0.25) is 0 Å². The number of piperidine rings is 1. The molecule has 4 heterocycles. The van der Waals surface area contributed by atoms with E-state index in [9.17, 15) is 23.6 Å². The van der Waals surface area contributed by atoms with Crippen molar-refractivity contribution in [1.82, 2.24) is 29.5 Å². The van der Waals surface area contributed by atoms with E-state index in [1.54, 1.807) is 24.3 Å². The zero-order valence-electron chi connectivity index (χ0n) is 43.5. The van der Waals surface area contributed by atoms with Gasteiger partial charge in [-0.25, -0.2) is 9.37 Å². The smallest absolute Gasteiger partial charge is 0.274 e. The van der Waals surface area contributed by atoms with Crippen molar-refractivity contribution in [2.45, 2.75) is 60.3 Å². The summed E-state index contributed by atoms with van der Waals surface area (Å²) in [4.78, 5) is 73.0. The van der Waals surface area contributed by atoms with E-state index in [0.717, 1.165) is 108 Å². The van der Waals surface area contributed by atoms with Crippen molar-refractivity contribution >= 4 is 53.3 Å². The highest BCUT2D eigenvalue weighted by Crippen LogP contribution is 2.27. The number of aryl methyl sites for hydroxylation is 1. The van der Waals surface area contributed by atoms with Crippen LogP contribution in [-0.2, 0) is 22.4 Å². The molecule has 7 rings (SSSR count). The fourth-order valence-corrected chi connectivity index (χ4v) is 8.33. The zero-order valence-corrected chi connectivity index (χ0v) is 44.2. The number of amides is 3. The average molecular weight is 1010 g/mol. The largest absolute Gasteiger partial charge is 0.386 e. The normalized spacial score (nSPS) is 15.2. The second-order valence-electron chi connectivity index (χ2n) is 17.4. The summed E-state index contributed by atoms with van der Waals surface area (Å²) in [7, 11) is 3.97. The summed E-state index contributed by atoms with van der Waals surface area (Å²) in [6.45, 7) is 20.7. The quantitative estimate of drug-likeness (QED) is 0.0486. The summed E-state index contributed by atoms with van der Waals surface area (Å²) in [5, 5.41) is 11.3. The molecule has 3 aliphatic heterocycles. The van der Waals surface area contributed by atoms with Gasteiger partial charge in [0.15, 0.2) is 12.0 Å². The van der Waals surface area contributed by atoms with Crippen LogP contribution in [-0.4, -0.2) is 164 Å². The second kappa shape index (κ2) is 32.8. The molecule has 0 aliphatic carbocycles. The highest BCUT2D eigenvalue weighted by Gasteiger charge is 2.29. The third-order valence-electron chi connectivity index (χ3n) is 12.6. The number of likely N-dealkylation sites (tertiary alicyclic amines) is 1. The van der Waals surface area contributed by atoms with Crippen LogP contribution in [0.15, 0.2) is 91.1 Å². The Balaban J connectivity index is 0.000000367. The van der Waals surface area contributed by atoms with Gasteiger partial charge in [0.25, 0.3) is 5.91 Å². The standard InChI is InChI=1S/C32H47N7O2.C16H13FN2O2.C4H8.C2H3ClO.C2H6/c1-4-25-6-5-7-27(20-25)28-21-29(33-2)31(34-22-28)32(41)39-18-14-37(15-19-39)23-26-8-10-36(11-9-26)24-30(40)38-16-12-35(3)13-17-38;17-14-6-5-10(7-11(14)9-20)8-15(18)12-3-1-2-4-13(12)16(19)21;1-3-4-2;3-1-2-4;1-2/h5-7,20-22,26,33H,4,8-19,23-24H2,1-3H3;1-7,9,18H,8H2,(H2,19,21);3-4H,1-2H3;2H,1H2;1-2H3/b;;4-3-;;. The van der Waals surface area contributed by atoms with Crippen molar-refractivity contribution in [1.29, 1.82) is 5.41 Å². The highest BCUT2D eigenvalue weighted by atomic mass is 35.5. The van der Waals surface area contributed by atoms with E-state index in [1.807, 2.05) is 69.0 Å². The van der Waals surface area contributed by atoms with Crippen molar-refractivity contribution in [3.05, 3.63) is 130 Å². The van der Waals surface area contributed by atoms with Crippen molar-refractivity contribution < 1.29 is 28.4 Å². The summed E-state index contributed by atoms with van der Waals surface area (Å²) >= 11 is 4.82. The minimum atomic E-state index is -0.608. The van der Waals surface area contributed by atoms with Crippen LogP contribution in [0.5, 0.6) is 0 Å². The molecule has 14 nitrogen and oxygen atoms in total. The Kier molecular flexibility index (Phi) is 27.4. The van der Waals surface area contributed by atoms with Gasteiger partial charge in [0.05, 0.1) is 23.7 Å². The number of nitrogens with zero attached hydrogens (tertiary/aromatic N) is 6. The molecule has 4 N–H and O–H groups in total. The van der Waals surface area contributed by atoms with Crippen LogP contribution in [0.4, 0.5) is 10.1 Å². The number of alkyl halides is 1. The van der Waals surface area contributed by atoms with E-state index < -0.39 is 11.7 Å². The van der Waals surface area contributed by atoms with Crippen LogP contribution in [0, 0.1) is 17.1 Å². The number of carbonyl (C=O) groups excluding carboxylic acids is 5. The van der Waals surface area contributed by atoms with E-state index in [2.05, 4.69) is 63.2 Å². The maximum Gasteiger partial charge on any atom is 0.274 e. The topological polar surface area (TPSA) is 176 Å². The minimum absolute atomic E-state index is 0.00110. The number of anilines is 1. The van der Waals surface area contributed by atoms with E-state index in [1.165, 1.54) is 23.8 Å². The van der Waals surface area contributed by atoms with Crippen LogP contribution in [0.3, 0.4) is 0 Å². The molecule has 3 fully saturated rings. The van der Waals surface area contributed by atoms with E-state index in [0.29, 0.717) is 41.9 Å². The predicted molar refractivity (Wildman–Crippen MR) is 290 cm³/mol. The van der Waals surface area contributed by atoms with Gasteiger partial charge in [0.1, 0.15) is 12.1 Å². The molecule has 3 saturated heterocycles. The molecule has 0 saturated carbocycles. The number of hydrogen-bond donors (Lipinski definition) is 3. The average Bonchev–Trinajstić information content (AvgIpc) is 3.42. The summed E-state index contributed by atoms with van der Waals surface area (Å²) < 4.78 is 13.3. The number of piperazine rings is 2. The first-order chi connectivity index (χ1) is 34.8. The van der Waals surface area contributed by atoms with Crippen LogP contribution >= 0.6 is 11.6 Å². The number of hydrogen-bond acceptors (Lipinski definition) is 11. The van der Waals surface area contributed by atoms with Crippen molar-refractivity contribution in [3.63, 3.8) is 0 Å². The van der Waals surface area contributed by atoms with Crippen LogP contribution in [0.25, 0.3) is 11.1 Å². The maximum absolute atomic E-state index is 13.4. The number of pyridine rings is 1. The molecular weight excluding hydrogens is 933 g/mol. The van der Waals surface area contributed by atoms with Gasteiger partial charge in [-0.3, -0.25) is 29.0 Å². The maximum atomic E-state index is 13.4. The molecule has 1 aromatic heterocycles. The van der Waals surface area contributed by atoms with Gasteiger partial charge in [-0.1, -0.05) is 81.5 Å². The molecule has 0 radical (unpaired) electrons. The number of allylic oxidation sites excluding steroid dienone is 2. The lowest BCUT2D eigenvalue weighted by atomic mass is 9.96. The molecule has 0 unspecified atom stereocenters. The second-order valence-corrected chi connectivity index (χ2v) is 17.8. The third-order valence-corrected chi connectivity index (χ3v) is 12.7. The summed E-state index contributed by atoms with van der Waals surface area (Å²) in [6.07, 6.45) is 10.3. The molecule has 0 atom stereocenters. The predicted octanol–water partition coefficient (Wildman–Crippen LogP) is 7.98. The zero-order chi connectivity index (χ0) is 53.0. The molecule has 390 valence electrons. The number of aldehydes is 2. The van der Waals surface area contributed by atoms with Gasteiger partial charge < -0.3 is 36.0 Å². The van der Waals surface area contributed by atoms with E-state index in [4.69, 9.17) is 27.5 Å². The Morgan fingerprint density at radius 2 is 1.43 bits per heavy atom. The van der Waals surface area contributed by atoms with E-state index >= 15 is 0 Å². The molecule has 16 heteroatoms. The molecule has 3 amide bonds. The fourth-order valence-electron chi connectivity index (χ4n) is 8.33. The Morgan fingerprint density at radius 3 is 2.00 bits per heavy atom. The van der Waals surface area contributed by atoms with Crippen LogP contribution < -0.4 is 11.1 Å². The van der Waals surface area contributed by atoms with Gasteiger partial charge in [-0.05, 0) is 100 Å². The lowest BCUT2D eigenvalue weighted by Gasteiger charge is -2.39.